The summed E-state index contributed by atoms with van der Waals surface area (Å²) in [7, 11) is 0. The Morgan fingerprint density at radius 2 is 1.96 bits per heavy atom. The molecule has 5 heteroatoms. The molecule has 0 amide bonds. The van der Waals surface area contributed by atoms with Crippen molar-refractivity contribution >= 4 is 28.4 Å². The van der Waals surface area contributed by atoms with Gasteiger partial charge in [-0.05, 0) is 68.1 Å². The van der Waals surface area contributed by atoms with Crippen LogP contribution >= 0.6 is 12.2 Å². The van der Waals surface area contributed by atoms with Crippen molar-refractivity contribution in [3.05, 3.63) is 29.1 Å². The van der Waals surface area contributed by atoms with Crippen molar-refractivity contribution in [2.45, 2.75) is 46.5 Å². The number of piperidine rings is 1. The molecule has 2 aromatic rings. The first kappa shape index (κ1) is 17.2. The Morgan fingerprint density at radius 3 is 2.62 bits per heavy atom. The number of rotatable bonds is 3. The largest absolute Gasteiger partial charge is 0.362 e. The van der Waals surface area contributed by atoms with Crippen LogP contribution in [0.4, 0.5) is 0 Å². The third kappa shape index (κ3) is 3.72. The summed E-state index contributed by atoms with van der Waals surface area (Å²) in [5.74, 6) is 2.25. The fraction of sp³-hybridized carbons (Fsp3) is 0.579. The van der Waals surface area contributed by atoms with Gasteiger partial charge in [-0.15, -0.1) is 0 Å². The van der Waals surface area contributed by atoms with Crippen LogP contribution in [-0.4, -0.2) is 39.6 Å². The van der Waals surface area contributed by atoms with Crippen LogP contribution in [0.15, 0.2) is 12.1 Å². The molecule has 1 aliphatic rings. The minimum Gasteiger partial charge on any atom is -0.362 e. The lowest BCUT2D eigenvalue weighted by Crippen LogP contribution is -2.44. The zero-order chi connectivity index (χ0) is 17.3. The molecule has 1 saturated heterocycles. The van der Waals surface area contributed by atoms with Gasteiger partial charge in [-0.3, -0.25) is 0 Å². The molecular weight excluding hydrogens is 316 g/mol. The van der Waals surface area contributed by atoms with Crippen molar-refractivity contribution in [3.63, 3.8) is 0 Å². The van der Waals surface area contributed by atoms with Crippen LogP contribution in [0.1, 0.15) is 49.6 Å². The van der Waals surface area contributed by atoms with Gasteiger partial charge in [0.15, 0.2) is 5.11 Å². The van der Waals surface area contributed by atoms with Gasteiger partial charge in [0.1, 0.15) is 5.82 Å². The van der Waals surface area contributed by atoms with Gasteiger partial charge < -0.3 is 15.2 Å². The second-order valence-corrected chi connectivity index (χ2v) is 7.80. The number of H-pyrrole nitrogens is 1. The molecule has 0 aliphatic carbocycles. The second kappa shape index (κ2) is 7.09. The SMILES string of the molecule is Cc1cc2nc(C3CCN(C(=S)NCC(C)C)CC3)[nH]c2cc1C. The number of fused-ring (bicyclic) bond motifs is 1. The van der Waals surface area contributed by atoms with Crippen molar-refractivity contribution < 1.29 is 0 Å². The van der Waals surface area contributed by atoms with Crippen LogP contribution in [0.5, 0.6) is 0 Å². The van der Waals surface area contributed by atoms with Crippen LogP contribution in [0.25, 0.3) is 11.0 Å². The molecule has 130 valence electrons. The lowest BCUT2D eigenvalue weighted by Gasteiger charge is -2.33. The molecule has 1 aromatic heterocycles. The summed E-state index contributed by atoms with van der Waals surface area (Å²) >= 11 is 5.52. The van der Waals surface area contributed by atoms with E-state index >= 15 is 0 Å². The molecule has 1 fully saturated rings. The van der Waals surface area contributed by atoms with E-state index < -0.39 is 0 Å². The van der Waals surface area contributed by atoms with Gasteiger partial charge in [0.05, 0.1) is 11.0 Å². The maximum atomic E-state index is 5.52. The van der Waals surface area contributed by atoms with Crippen LogP contribution in [0, 0.1) is 19.8 Å². The molecule has 2 heterocycles. The summed E-state index contributed by atoms with van der Waals surface area (Å²) in [5, 5.41) is 4.28. The number of aryl methyl sites for hydroxylation is 2. The Bertz CT molecular complexity index is 687. The minimum atomic E-state index is 0.502. The molecule has 2 N–H and O–H groups in total. The van der Waals surface area contributed by atoms with Gasteiger partial charge in [-0.2, -0.15) is 0 Å². The summed E-state index contributed by atoms with van der Waals surface area (Å²) < 4.78 is 0. The van der Waals surface area contributed by atoms with Crippen LogP contribution in [-0.2, 0) is 0 Å². The van der Waals surface area contributed by atoms with Gasteiger partial charge in [-0.1, -0.05) is 13.8 Å². The van der Waals surface area contributed by atoms with Crippen molar-refractivity contribution in [1.82, 2.24) is 20.2 Å². The van der Waals surface area contributed by atoms with Gasteiger partial charge >= 0.3 is 0 Å². The lowest BCUT2D eigenvalue weighted by molar-refractivity contribution is 0.303. The van der Waals surface area contributed by atoms with Crippen LogP contribution < -0.4 is 5.32 Å². The van der Waals surface area contributed by atoms with Gasteiger partial charge in [-0.25, -0.2) is 4.98 Å². The summed E-state index contributed by atoms with van der Waals surface area (Å²) in [5.41, 5.74) is 4.86. The van der Waals surface area contributed by atoms with Crippen molar-refractivity contribution in [2.24, 2.45) is 5.92 Å². The Hall–Kier alpha value is -1.62. The van der Waals surface area contributed by atoms with E-state index in [1.54, 1.807) is 0 Å². The van der Waals surface area contributed by atoms with E-state index in [1.165, 1.54) is 11.1 Å². The van der Waals surface area contributed by atoms with Gasteiger partial charge in [0.2, 0.25) is 0 Å². The molecule has 4 nitrogen and oxygen atoms in total. The highest BCUT2D eigenvalue weighted by Gasteiger charge is 2.24. The first-order chi connectivity index (χ1) is 11.4. The Balaban J connectivity index is 1.63. The third-order valence-electron chi connectivity index (χ3n) is 4.95. The molecule has 0 spiro atoms. The van der Waals surface area contributed by atoms with E-state index in [-0.39, 0.29) is 0 Å². The predicted octanol–water partition coefficient (Wildman–Crippen LogP) is 3.89. The molecular formula is C19H28N4S. The highest BCUT2D eigenvalue weighted by Crippen LogP contribution is 2.28. The van der Waals surface area contributed by atoms with Gasteiger partial charge in [0.25, 0.3) is 0 Å². The third-order valence-corrected chi connectivity index (χ3v) is 5.35. The van der Waals surface area contributed by atoms with E-state index in [1.807, 2.05) is 0 Å². The molecule has 0 bridgehead atoms. The number of thiocarbonyl (C=S) groups is 1. The summed E-state index contributed by atoms with van der Waals surface area (Å²) in [6.07, 6.45) is 2.20. The number of nitrogens with one attached hydrogen (secondary N) is 2. The highest BCUT2D eigenvalue weighted by atomic mass is 32.1. The second-order valence-electron chi connectivity index (χ2n) is 7.42. The normalized spacial score (nSPS) is 16.1. The Morgan fingerprint density at radius 1 is 1.29 bits per heavy atom. The number of nitrogens with zero attached hydrogens (tertiary/aromatic N) is 2. The van der Waals surface area contributed by atoms with E-state index in [2.05, 4.69) is 55.0 Å². The fourth-order valence-corrected chi connectivity index (χ4v) is 3.51. The smallest absolute Gasteiger partial charge is 0.168 e. The average molecular weight is 345 g/mol. The quantitative estimate of drug-likeness (QED) is 0.829. The summed E-state index contributed by atoms with van der Waals surface area (Å²) in [4.78, 5) is 10.7. The number of aromatic nitrogens is 2. The lowest BCUT2D eigenvalue weighted by atomic mass is 9.96. The molecule has 0 unspecified atom stereocenters. The van der Waals surface area contributed by atoms with E-state index in [4.69, 9.17) is 17.2 Å². The Kier molecular flexibility index (Phi) is 5.09. The standard InChI is InChI=1S/C19H28N4S/c1-12(2)11-20-19(24)23-7-5-15(6-8-23)18-21-16-9-13(3)14(4)10-17(16)22-18/h9-10,12,15H,5-8,11H2,1-4H3,(H,20,24)(H,21,22). The molecule has 0 saturated carbocycles. The van der Waals surface area contributed by atoms with E-state index in [9.17, 15) is 0 Å². The van der Waals surface area contributed by atoms with Crippen molar-refractivity contribution in [3.8, 4) is 0 Å². The number of benzene rings is 1. The summed E-state index contributed by atoms with van der Waals surface area (Å²) in [6, 6.07) is 4.39. The zero-order valence-electron chi connectivity index (χ0n) is 15.1. The number of hydrogen-bond acceptors (Lipinski definition) is 2. The predicted molar refractivity (Wildman–Crippen MR) is 105 cm³/mol. The Labute approximate surface area is 150 Å². The van der Waals surface area contributed by atoms with E-state index in [0.717, 1.165) is 54.4 Å². The minimum absolute atomic E-state index is 0.502. The fourth-order valence-electron chi connectivity index (χ4n) is 3.24. The van der Waals surface area contributed by atoms with Crippen molar-refractivity contribution in [1.29, 1.82) is 0 Å². The maximum absolute atomic E-state index is 5.52. The number of likely N-dealkylation sites (tertiary alicyclic amines) is 1. The van der Waals surface area contributed by atoms with Gasteiger partial charge in [0, 0.05) is 25.6 Å². The highest BCUT2D eigenvalue weighted by molar-refractivity contribution is 7.80. The summed E-state index contributed by atoms with van der Waals surface area (Å²) in [6.45, 7) is 11.7. The number of aromatic amines is 1. The average Bonchev–Trinajstić information content (AvgIpc) is 2.96. The zero-order valence-corrected chi connectivity index (χ0v) is 16.0. The van der Waals surface area contributed by atoms with Crippen molar-refractivity contribution in [2.75, 3.05) is 19.6 Å². The molecule has 1 aliphatic heterocycles. The maximum Gasteiger partial charge on any atom is 0.168 e. The van der Waals surface area contributed by atoms with Crippen LogP contribution in [0.3, 0.4) is 0 Å². The topological polar surface area (TPSA) is 44.0 Å². The van der Waals surface area contributed by atoms with E-state index in [0.29, 0.717) is 11.8 Å². The van der Waals surface area contributed by atoms with Crippen LogP contribution in [0.2, 0.25) is 0 Å². The first-order valence-electron chi connectivity index (χ1n) is 8.93. The first-order valence-corrected chi connectivity index (χ1v) is 9.34. The molecule has 0 atom stereocenters. The monoisotopic (exact) mass is 344 g/mol. The number of imidazole rings is 1. The molecule has 3 rings (SSSR count). The molecule has 1 aromatic carbocycles. The molecule has 0 radical (unpaired) electrons. The molecule has 24 heavy (non-hydrogen) atoms. The number of hydrogen-bond donors (Lipinski definition) is 2.